The van der Waals surface area contributed by atoms with E-state index in [2.05, 4.69) is 25.7 Å². The van der Waals surface area contributed by atoms with Crippen LogP contribution in [0.3, 0.4) is 0 Å². The predicted molar refractivity (Wildman–Crippen MR) is 83.8 cm³/mol. The van der Waals surface area contributed by atoms with Gasteiger partial charge in [-0.2, -0.15) is 0 Å². The third-order valence-corrected chi connectivity index (χ3v) is 4.71. The van der Waals surface area contributed by atoms with Gasteiger partial charge in [0.15, 0.2) is 0 Å². The Morgan fingerprint density at radius 2 is 2.25 bits per heavy atom. The van der Waals surface area contributed by atoms with Crippen molar-refractivity contribution in [3.8, 4) is 11.8 Å². The minimum Gasteiger partial charge on any atom is -0.338 e. The van der Waals surface area contributed by atoms with Gasteiger partial charge in [-0.25, -0.2) is 0 Å². The Morgan fingerprint density at radius 3 is 3.00 bits per heavy atom. The standard InChI is InChI=1S/C16H22N2OS/c1-16(2)7-4-10-18(11-8-16)15(19)14-13(5-3-9-17)6-12-20-14/h6,12H,4,7-11,17H2,1-2H3. The zero-order valence-electron chi connectivity index (χ0n) is 12.2. The van der Waals surface area contributed by atoms with E-state index in [1.54, 1.807) is 0 Å². The van der Waals surface area contributed by atoms with Gasteiger partial charge in [-0.05, 0) is 36.1 Å². The summed E-state index contributed by atoms with van der Waals surface area (Å²) in [6.07, 6.45) is 3.32. The van der Waals surface area contributed by atoms with Gasteiger partial charge in [-0.3, -0.25) is 4.79 Å². The van der Waals surface area contributed by atoms with E-state index in [1.165, 1.54) is 17.8 Å². The Hall–Kier alpha value is -1.31. The van der Waals surface area contributed by atoms with E-state index in [9.17, 15) is 4.79 Å². The van der Waals surface area contributed by atoms with E-state index in [-0.39, 0.29) is 5.91 Å². The highest BCUT2D eigenvalue weighted by molar-refractivity contribution is 7.12. The molecule has 0 aliphatic carbocycles. The molecule has 20 heavy (non-hydrogen) atoms. The summed E-state index contributed by atoms with van der Waals surface area (Å²) in [5, 5.41) is 1.93. The van der Waals surface area contributed by atoms with Crippen LogP contribution in [-0.4, -0.2) is 30.4 Å². The molecule has 1 saturated heterocycles. The number of rotatable bonds is 1. The molecule has 0 aromatic carbocycles. The molecule has 4 heteroatoms. The zero-order chi connectivity index (χ0) is 14.6. The first-order valence-electron chi connectivity index (χ1n) is 7.09. The van der Waals surface area contributed by atoms with E-state index in [1.807, 2.05) is 16.3 Å². The number of likely N-dealkylation sites (tertiary alicyclic amines) is 1. The maximum atomic E-state index is 12.6. The van der Waals surface area contributed by atoms with E-state index < -0.39 is 0 Å². The quantitative estimate of drug-likeness (QED) is 0.808. The Kier molecular flexibility index (Phi) is 4.85. The lowest BCUT2D eigenvalue weighted by Crippen LogP contribution is -2.32. The van der Waals surface area contributed by atoms with Crippen molar-refractivity contribution in [3.05, 3.63) is 21.9 Å². The number of carbonyl (C=O) groups is 1. The van der Waals surface area contributed by atoms with Crippen LogP contribution in [0.5, 0.6) is 0 Å². The van der Waals surface area contributed by atoms with Crippen molar-refractivity contribution in [2.75, 3.05) is 19.6 Å². The summed E-state index contributed by atoms with van der Waals surface area (Å²) < 4.78 is 0. The first kappa shape index (κ1) is 15.1. The summed E-state index contributed by atoms with van der Waals surface area (Å²) in [6.45, 7) is 6.58. The molecular weight excluding hydrogens is 268 g/mol. The minimum atomic E-state index is 0.124. The minimum absolute atomic E-state index is 0.124. The van der Waals surface area contributed by atoms with Gasteiger partial charge >= 0.3 is 0 Å². The van der Waals surface area contributed by atoms with Crippen LogP contribution in [-0.2, 0) is 0 Å². The molecule has 1 aliphatic rings. The lowest BCUT2D eigenvalue weighted by atomic mass is 9.85. The molecule has 1 amide bonds. The number of amides is 1. The topological polar surface area (TPSA) is 46.3 Å². The van der Waals surface area contributed by atoms with Gasteiger partial charge in [0.05, 0.1) is 6.54 Å². The molecule has 2 heterocycles. The highest BCUT2D eigenvalue weighted by Crippen LogP contribution is 2.30. The van der Waals surface area contributed by atoms with Crippen LogP contribution in [0.25, 0.3) is 0 Å². The van der Waals surface area contributed by atoms with Crippen LogP contribution in [0.2, 0.25) is 0 Å². The molecule has 1 aromatic rings. The Balaban J connectivity index is 2.13. The summed E-state index contributed by atoms with van der Waals surface area (Å²) in [5.41, 5.74) is 6.55. The second kappa shape index (κ2) is 6.43. The van der Waals surface area contributed by atoms with E-state index in [0.29, 0.717) is 12.0 Å². The van der Waals surface area contributed by atoms with Gasteiger partial charge < -0.3 is 10.6 Å². The predicted octanol–water partition coefficient (Wildman–Crippen LogP) is 2.71. The molecule has 0 spiro atoms. The SMILES string of the molecule is CC1(C)CCCN(C(=O)c2sccc2C#CCN)CC1. The molecule has 108 valence electrons. The van der Waals surface area contributed by atoms with Gasteiger partial charge in [0.25, 0.3) is 5.91 Å². The van der Waals surface area contributed by atoms with E-state index in [0.717, 1.165) is 36.4 Å². The average Bonchev–Trinajstić information content (AvgIpc) is 2.79. The van der Waals surface area contributed by atoms with Crippen molar-refractivity contribution in [1.29, 1.82) is 0 Å². The highest BCUT2D eigenvalue weighted by Gasteiger charge is 2.27. The molecule has 3 nitrogen and oxygen atoms in total. The lowest BCUT2D eigenvalue weighted by molar-refractivity contribution is 0.0762. The van der Waals surface area contributed by atoms with Crippen molar-refractivity contribution >= 4 is 17.2 Å². The third-order valence-electron chi connectivity index (χ3n) is 3.81. The van der Waals surface area contributed by atoms with Crippen molar-refractivity contribution in [3.63, 3.8) is 0 Å². The van der Waals surface area contributed by atoms with Gasteiger partial charge in [-0.1, -0.05) is 25.7 Å². The van der Waals surface area contributed by atoms with Crippen LogP contribution in [0, 0.1) is 17.3 Å². The van der Waals surface area contributed by atoms with Gasteiger partial charge in [0.1, 0.15) is 4.88 Å². The summed E-state index contributed by atoms with van der Waals surface area (Å²) >= 11 is 1.47. The van der Waals surface area contributed by atoms with Crippen LogP contribution < -0.4 is 5.73 Å². The maximum Gasteiger partial charge on any atom is 0.265 e. The second-order valence-electron chi connectivity index (χ2n) is 5.98. The monoisotopic (exact) mass is 290 g/mol. The van der Waals surface area contributed by atoms with Crippen LogP contribution in [0.1, 0.15) is 48.3 Å². The first-order valence-corrected chi connectivity index (χ1v) is 7.97. The lowest BCUT2D eigenvalue weighted by Gasteiger charge is -2.23. The van der Waals surface area contributed by atoms with E-state index >= 15 is 0 Å². The number of thiophene rings is 1. The average molecular weight is 290 g/mol. The summed E-state index contributed by atoms with van der Waals surface area (Å²) in [7, 11) is 0. The van der Waals surface area contributed by atoms with Gasteiger partial charge in [-0.15, -0.1) is 11.3 Å². The molecule has 2 N–H and O–H groups in total. The number of nitrogens with zero attached hydrogens (tertiary/aromatic N) is 1. The highest BCUT2D eigenvalue weighted by atomic mass is 32.1. The van der Waals surface area contributed by atoms with Crippen molar-refractivity contribution < 1.29 is 4.79 Å². The Morgan fingerprint density at radius 1 is 1.45 bits per heavy atom. The fourth-order valence-corrected chi connectivity index (χ4v) is 3.31. The molecule has 0 atom stereocenters. The Bertz CT molecular complexity index is 536. The number of hydrogen-bond donors (Lipinski definition) is 1. The molecule has 1 aliphatic heterocycles. The summed E-state index contributed by atoms with van der Waals surface area (Å²) in [4.78, 5) is 15.4. The first-order chi connectivity index (χ1) is 9.53. The number of hydrogen-bond acceptors (Lipinski definition) is 3. The molecule has 0 radical (unpaired) electrons. The van der Waals surface area contributed by atoms with Crippen molar-refractivity contribution in [1.82, 2.24) is 4.90 Å². The smallest absolute Gasteiger partial charge is 0.265 e. The summed E-state index contributed by atoms with van der Waals surface area (Å²) in [5.74, 6) is 5.94. The molecule has 2 rings (SSSR count). The third kappa shape index (κ3) is 3.62. The molecular formula is C16H22N2OS. The fourth-order valence-electron chi connectivity index (χ4n) is 2.49. The molecule has 0 bridgehead atoms. The van der Waals surface area contributed by atoms with Gasteiger partial charge in [0.2, 0.25) is 0 Å². The largest absolute Gasteiger partial charge is 0.338 e. The normalized spacial score (nSPS) is 18.1. The van der Waals surface area contributed by atoms with Crippen LogP contribution >= 0.6 is 11.3 Å². The summed E-state index contributed by atoms with van der Waals surface area (Å²) in [6, 6.07) is 1.91. The van der Waals surface area contributed by atoms with Crippen molar-refractivity contribution in [2.45, 2.75) is 33.1 Å². The Labute approximate surface area is 125 Å². The fraction of sp³-hybridized carbons (Fsp3) is 0.562. The molecule has 1 fully saturated rings. The number of nitrogens with two attached hydrogens (primary N) is 1. The molecule has 1 aromatic heterocycles. The van der Waals surface area contributed by atoms with Gasteiger partial charge in [0, 0.05) is 18.7 Å². The van der Waals surface area contributed by atoms with E-state index in [4.69, 9.17) is 5.73 Å². The van der Waals surface area contributed by atoms with Crippen LogP contribution in [0.4, 0.5) is 0 Å². The molecule has 0 unspecified atom stereocenters. The maximum absolute atomic E-state index is 12.6. The second-order valence-corrected chi connectivity index (χ2v) is 6.90. The molecule has 0 saturated carbocycles. The van der Waals surface area contributed by atoms with Crippen molar-refractivity contribution in [2.24, 2.45) is 11.1 Å². The van der Waals surface area contributed by atoms with Crippen LogP contribution in [0.15, 0.2) is 11.4 Å². The number of carbonyl (C=O) groups excluding carboxylic acids is 1. The zero-order valence-corrected chi connectivity index (χ0v) is 13.1.